The summed E-state index contributed by atoms with van der Waals surface area (Å²) >= 11 is 5.72. The molecule has 124 valence electrons. The highest BCUT2D eigenvalue weighted by Gasteiger charge is 2.36. The fourth-order valence-electron chi connectivity index (χ4n) is 1.47. The van der Waals surface area contributed by atoms with E-state index in [1.807, 2.05) is 0 Å². The maximum atomic E-state index is 11.0. The zero-order valence-electron chi connectivity index (χ0n) is 13.6. The number of nitro groups is 1. The average molecular weight is 347 g/mol. The lowest BCUT2D eigenvalue weighted by Crippen LogP contribution is -2.41. The van der Waals surface area contributed by atoms with E-state index in [1.165, 1.54) is 6.33 Å². The number of halogens is 1. The van der Waals surface area contributed by atoms with Crippen LogP contribution in [-0.2, 0) is 4.43 Å². The number of rotatable bonds is 7. The van der Waals surface area contributed by atoms with Gasteiger partial charge in [0.25, 0.3) is 0 Å². The SMILES string of the molecule is CC(C)(C)[Si](C)(C)OCCCNc1ncnc(Cl)c1[N+](=O)[O-]. The summed E-state index contributed by atoms with van der Waals surface area (Å²) < 4.78 is 6.04. The third-order valence-corrected chi connectivity index (χ3v) is 8.66. The molecule has 0 aliphatic heterocycles. The van der Waals surface area contributed by atoms with Crippen molar-refractivity contribution in [1.82, 2.24) is 9.97 Å². The first-order valence-corrected chi connectivity index (χ1v) is 10.4. The predicted octanol–water partition coefficient (Wildman–Crippen LogP) is 3.86. The van der Waals surface area contributed by atoms with Crippen LogP contribution >= 0.6 is 11.6 Å². The summed E-state index contributed by atoms with van der Waals surface area (Å²) in [6, 6.07) is 0. The van der Waals surface area contributed by atoms with Gasteiger partial charge in [0.1, 0.15) is 6.33 Å². The molecule has 0 aliphatic rings. The van der Waals surface area contributed by atoms with Gasteiger partial charge in [-0.3, -0.25) is 10.1 Å². The zero-order chi connectivity index (χ0) is 17.0. The van der Waals surface area contributed by atoms with Gasteiger partial charge in [-0.2, -0.15) is 0 Å². The van der Waals surface area contributed by atoms with E-state index < -0.39 is 13.2 Å². The number of anilines is 1. The maximum absolute atomic E-state index is 11.0. The van der Waals surface area contributed by atoms with Gasteiger partial charge in [-0.25, -0.2) is 9.97 Å². The number of aromatic nitrogens is 2. The van der Waals surface area contributed by atoms with Crippen LogP contribution < -0.4 is 5.32 Å². The van der Waals surface area contributed by atoms with E-state index in [4.69, 9.17) is 16.0 Å². The molecule has 7 nitrogen and oxygen atoms in total. The van der Waals surface area contributed by atoms with Crippen LogP contribution in [0.15, 0.2) is 6.33 Å². The minimum atomic E-state index is -1.75. The summed E-state index contributed by atoms with van der Waals surface area (Å²) in [5.74, 6) is 0.136. The highest BCUT2D eigenvalue weighted by Crippen LogP contribution is 2.36. The molecule has 9 heteroatoms. The normalized spacial score (nSPS) is 12.3. The second-order valence-electron chi connectivity index (χ2n) is 6.51. The summed E-state index contributed by atoms with van der Waals surface area (Å²) in [7, 11) is -1.75. The van der Waals surface area contributed by atoms with Gasteiger partial charge in [0.15, 0.2) is 8.32 Å². The summed E-state index contributed by atoms with van der Waals surface area (Å²) in [6.45, 7) is 12.1. The van der Waals surface area contributed by atoms with Crippen molar-refractivity contribution in [3.8, 4) is 0 Å². The van der Waals surface area contributed by atoms with Crippen LogP contribution in [0.2, 0.25) is 23.3 Å². The predicted molar refractivity (Wildman–Crippen MR) is 90.0 cm³/mol. The molecule has 1 aromatic heterocycles. The Balaban J connectivity index is 2.50. The van der Waals surface area contributed by atoms with Crippen molar-refractivity contribution < 1.29 is 9.35 Å². The quantitative estimate of drug-likeness (QED) is 0.265. The molecule has 0 aromatic carbocycles. The standard InChI is InChI=1S/C13H23ClN4O3Si/c1-13(2,3)22(4,5)21-8-6-7-15-12-10(18(19)20)11(14)16-9-17-12/h9H,6-8H2,1-5H3,(H,15,16,17). The Labute approximate surface area is 136 Å². The van der Waals surface area contributed by atoms with Crippen LogP contribution in [0.25, 0.3) is 0 Å². The number of hydrogen-bond acceptors (Lipinski definition) is 6. The Hall–Kier alpha value is -1.25. The molecule has 0 bridgehead atoms. The Morgan fingerprint density at radius 1 is 1.41 bits per heavy atom. The van der Waals surface area contributed by atoms with Crippen molar-refractivity contribution in [2.75, 3.05) is 18.5 Å². The molecule has 0 unspecified atom stereocenters. The second-order valence-corrected chi connectivity index (χ2v) is 11.7. The second kappa shape index (κ2) is 7.34. The van der Waals surface area contributed by atoms with Gasteiger partial charge in [0.2, 0.25) is 11.0 Å². The fraction of sp³-hybridized carbons (Fsp3) is 0.692. The van der Waals surface area contributed by atoms with Crippen LogP contribution in [0.5, 0.6) is 0 Å². The van der Waals surface area contributed by atoms with Gasteiger partial charge in [0.05, 0.1) is 4.92 Å². The van der Waals surface area contributed by atoms with Crippen LogP contribution in [-0.4, -0.2) is 36.4 Å². The molecule has 0 saturated heterocycles. The number of nitrogens with zero attached hydrogens (tertiary/aromatic N) is 3. The molecule has 1 rings (SSSR count). The van der Waals surface area contributed by atoms with Crippen LogP contribution in [0.1, 0.15) is 27.2 Å². The smallest absolute Gasteiger partial charge is 0.348 e. The molecule has 1 heterocycles. The van der Waals surface area contributed by atoms with Gasteiger partial charge in [-0.1, -0.05) is 32.4 Å². The highest BCUT2D eigenvalue weighted by molar-refractivity contribution is 6.74. The molecule has 0 spiro atoms. The van der Waals surface area contributed by atoms with Crippen LogP contribution in [0, 0.1) is 10.1 Å². The van der Waals surface area contributed by atoms with Crippen molar-refractivity contribution in [2.24, 2.45) is 0 Å². The summed E-state index contributed by atoms with van der Waals surface area (Å²) in [6.07, 6.45) is 1.93. The fourth-order valence-corrected chi connectivity index (χ4v) is 2.76. The van der Waals surface area contributed by atoms with E-state index in [0.717, 1.165) is 6.42 Å². The number of nitrogens with one attached hydrogen (secondary N) is 1. The molecule has 0 saturated carbocycles. The van der Waals surface area contributed by atoms with E-state index in [1.54, 1.807) is 0 Å². The zero-order valence-corrected chi connectivity index (χ0v) is 15.4. The molecule has 0 amide bonds. The average Bonchev–Trinajstić information content (AvgIpc) is 2.36. The summed E-state index contributed by atoms with van der Waals surface area (Å²) in [5.41, 5.74) is -0.297. The molecule has 1 aromatic rings. The Morgan fingerprint density at radius 2 is 2.05 bits per heavy atom. The van der Waals surface area contributed by atoms with Gasteiger partial charge in [0, 0.05) is 13.2 Å². The van der Waals surface area contributed by atoms with E-state index in [0.29, 0.717) is 13.2 Å². The molecule has 22 heavy (non-hydrogen) atoms. The first-order valence-electron chi connectivity index (χ1n) is 7.09. The van der Waals surface area contributed by atoms with Crippen LogP contribution in [0.3, 0.4) is 0 Å². The van der Waals surface area contributed by atoms with E-state index in [9.17, 15) is 10.1 Å². The van der Waals surface area contributed by atoms with Crippen molar-refractivity contribution in [2.45, 2.75) is 45.3 Å². The molecule has 0 aliphatic carbocycles. The van der Waals surface area contributed by atoms with Gasteiger partial charge in [-0.15, -0.1) is 0 Å². The largest absolute Gasteiger partial charge is 0.417 e. The molecule has 0 fully saturated rings. The molecular weight excluding hydrogens is 324 g/mol. The highest BCUT2D eigenvalue weighted by atomic mass is 35.5. The lowest BCUT2D eigenvalue weighted by molar-refractivity contribution is -0.384. The minimum Gasteiger partial charge on any atom is -0.417 e. The van der Waals surface area contributed by atoms with Crippen molar-refractivity contribution in [1.29, 1.82) is 0 Å². The topological polar surface area (TPSA) is 90.2 Å². The van der Waals surface area contributed by atoms with E-state index in [-0.39, 0.29) is 21.7 Å². The van der Waals surface area contributed by atoms with Crippen molar-refractivity contribution >= 4 is 31.4 Å². The third kappa shape index (κ3) is 4.89. The lowest BCUT2D eigenvalue weighted by atomic mass is 10.2. The molecule has 0 radical (unpaired) electrons. The maximum Gasteiger partial charge on any atom is 0.348 e. The van der Waals surface area contributed by atoms with E-state index >= 15 is 0 Å². The first-order chi connectivity index (χ1) is 10.1. The molecular formula is C13H23ClN4O3Si. The monoisotopic (exact) mass is 346 g/mol. The van der Waals surface area contributed by atoms with Gasteiger partial charge < -0.3 is 9.74 Å². The van der Waals surface area contributed by atoms with Crippen molar-refractivity contribution in [3.05, 3.63) is 21.6 Å². The summed E-state index contributed by atoms with van der Waals surface area (Å²) in [4.78, 5) is 17.9. The Kier molecular flexibility index (Phi) is 6.27. The first kappa shape index (κ1) is 18.8. The molecule has 0 atom stereocenters. The van der Waals surface area contributed by atoms with Gasteiger partial charge in [-0.05, 0) is 24.6 Å². The Morgan fingerprint density at radius 3 is 2.59 bits per heavy atom. The lowest BCUT2D eigenvalue weighted by Gasteiger charge is -2.36. The summed E-state index contributed by atoms with van der Waals surface area (Å²) in [5, 5.41) is 13.9. The number of hydrogen-bond donors (Lipinski definition) is 1. The third-order valence-electron chi connectivity index (χ3n) is 3.84. The minimum absolute atomic E-state index is 0.136. The van der Waals surface area contributed by atoms with Crippen molar-refractivity contribution in [3.63, 3.8) is 0 Å². The Bertz CT molecular complexity index is 535. The molecule has 1 N–H and O–H groups in total. The van der Waals surface area contributed by atoms with E-state index in [2.05, 4.69) is 49.1 Å². The van der Waals surface area contributed by atoms with Gasteiger partial charge >= 0.3 is 5.69 Å². The van der Waals surface area contributed by atoms with Crippen LogP contribution in [0.4, 0.5) is 11.5 Å².